The molecule has 1 aliphatic rings. The van der Waals surface area contributed by atoms with Crippen LogP contribution in [-0.4, -0.2) is 29.6 Å². The first-order valence-electron chi connectivity index (χ1n) is 7.89. The first-order chi connectivity index (χ1) is 11.3. The van der Waals surface area contributed by atoms with Crippen LogP contribution in [0.2, 0.25) is 0 Å². The maximum Gasteiger partial charge on any atom is 0.322 e. The van der Waals surface area contributed by atoms with Crippen molar-refractivity contribution in [2.75, 3.05) is 19.0 Å². The number of piperidine rings is 1. The van der Waals surface area contributed by atoms with Gasteiger partial charge >= 0.3 is 6.03 Å². The molecule has 1 N–H and O–H groups in total. The van der Waals surface area contributed by atoms with Crippen molar-refractivity contribution in [1.82, 2.24) is 9.88 Å². The fraction of sp³-hybridized carbons (Fsp3) is 0.333. The van der Waals surface area contributed by atoms with Gasteiger partial charge in [0.1, 0.15) is 5.75 Å². The van der Waals surface area contributed by atoms with Crippen LogP contribution < -0.4 is 10.1 Å². The van der Waals surface area contributed by atoms with E-state index in [1.807, 2.05) is 47.5 Å². The van der Waals surface area contributed by atoms with Gasteiger partial charge in [0.2, 0.25) is 0 Å². The van der Waals surface area contributed by atoms with Gasteiger partial charge < -0.3 is 15.0 Å². The van der Waals surface area contributed by atoms with Crippen LogP contribution in [0.15, 0.2) is 48.8 Å². The van der Waals surface area contributed by atoms with Crippen molar-refractivity contribution in [2.24, 2.45) is 0 Å². The van der Waals surface area contributed by atoms with Gasteiger partial charge in [0.15, 0.2) is 0 Å². The topological polar surface area (TPSA) is 54.5 Å². The summed E-state index contributed by atoms with van der Waals surface area (Å²) in [6, 6.07) is 11.4. The average molecular weight is 311 g/mol. The third-order valence-electron chi connectivity index (χ3n) is 4.17. The van der Waals surface area contributed by atoms with E-state index in [4.69, 9.17) is 4.74 Å². The van der Waals surface area contributed by atoms with Crippen molar-refractivity contribution in [3.8, 4) is 5.75 Å². The second-order valence-corrected chi connectivity index (χ2v) is 5.65. The van der Waals surface area contributed by atoms with Crippen LogP contribution in [-0.2, 0) is 0 Å². The lowest BCUT2D eigenvalue weighted by molar-refractivity contribution is 0.163. The highest BCUT2D eigenvalue weighted by atomic mass is 16.5. The van der Waals surface area contributed by atoms with Gasteiger partial charge in [-0.1, -0.05) is 6.07 Å². The summed E-state index contributed by atoms with van der Waals surface area (Å²) in [6.45, 7) is 0.765. The van der Waals surface area contributed by atoms with Gasteiger partial charge in [-0.05, 0) is 55.2 Å². The van der Waals surface area contributed by atoms with Crippen molar-refractivity contribution in [1.29, 1.82) is 0 Å². The molecule has 3 rings (SSSR count). The SMILES string of the molecule is COc1ccc(NC(=O)N2CCCC[C@H]2c2cccnc2)cc1. The van der Waals surface area contributed by atoms with E-state index in [-0.39, 0.29) is 12.1 Å². The highest BCUT2D eigenvalue weighted by molar-refractivity contribution is 5.89. The van der Waals surface area contributed by atoms with Gasteiger partial charge in [-0.15, -0.1) is 0 Å². The number of carbonyl (C=O) groups excluding carboxylic acids is 1. The summed E-state index contributed by atoms with van der Waals surface area (Å²) in [5.74, 6) is 0.772. The van der Waals surface area contributed by atoms with Gasteiger partial charge in [0.25, 0.3) is 0 Å². The van der Waals surface area contributed by atoms with Gasteiger partial charge in [-0.25, -0.2) is 4.79 Å². The minimum absolute atomic E-state index is 0.0660. The van der Waals surface area contributed by atoms with E-state index in [1.54, 1.807) is 13.3 Å². The summed E-state index contributed by atoms with van der Waals surface area (Å²) in [4.78, 5) is 18.8. The van der Waals surface area contributed by atoms with Crippen LogP contribution in [0, 0.1) is 0 Å². The van der Waals surface area contributed by atoms with Crippen molar-refractivity contribution in [3.05, 3.63) is 54.4 Å². The Balaban J connectivity index is 1.73. The number of likely N-dealkylation sites (tertiary alicyclic amines) is 1. The zero-order valence-electron chi connectivity index (χ0n) is 13.2. The number of urea groups is 1. The van der Waals surface area contributed by atoms with Crippen LogP contribution in [0.25, 0.3) is 0 Å². The molecule has 0 aliphatic carbocycles. The normalized spacial score (nSPS) is 17.6. The number of nitrogens with one attached hydrogen (secondary N) is 1. The van der Waals surface area contributed by atoms with Crippen molar-refractivity contribution in [2.45, 2.75) is 25.3 Å². The Morgan fingerprint density at radius 2 is 2.09 bits per heavy atom. The molecule has 1 fully saturated rings. The molecule has 2 heterocycles. The molecule has 1 atom stereocenters. The lowest BCUT2D eigenvalue weighted by atomic mass is 9.97. The molecular weight excluding hydrogens is 290 g/mol. The Hall–Kier alpha value is -2.56. The maximum atomic E-state index is 12.7. The largest absolute Gasteiger partial charge is 0.497 e. The molecule has 1 aromatic heterocycles. The first-order valence-corrected chi connectivity index (χ1v) is 7.89. The molecule has 1 aliphatic heterocycles. The van der Waals surface area contributed by atoms with E-state index in [2.05, 4.69) is 10.3 Å². The second-order valence-electron chi connectivity index (χ2n) is 5.65. The standard InChI is InChI=1S/C18H21N3O2/c1-23-16-9-7-15(8-10-16)20-18(22)21-12-3-2-6-17(21)14-5-4-11-19-13-14/h4-5,7-11,13,17H,2-3,6,12H2,1H3,(H,20,22)/t17-/m0/s1. The number of ether oxygens (including phenoxy) is 1. The van der Waals surface area contributed by atoms with Crippen molar-refractivity contribution in [3.63, 3.8) is 0 Å². The number of benzene rings is 1. The summed E-state index contributed by atoms with van der Waals surface area (Å²) in [6.07, 6.45) is 6.75. The Bertz CT molecular complexity index is 643. The highest BCUT2D eigenvalue weighted by Gasteiger charge is 2.28. The quantitative estimate of drug-likeness (QED) is 0.936. The summed E-state index contributed by atoms with van der Waals surface area (Å²) in [5.41, 5.74) is 1.86. The summed E-state index contributed by atoms with van der Waals surface area (Å²) in [5, 5.41) is 2.97. The molecule has 1 aromatic carbocycles. The maximum absolute atomic E-state index is 12.7. The number of methoxy groups -OCH3 is 1. The predicted octanol–water partition coefficient (Wildman–Crippen LogP) is 3.85. The number of rotatable bonds is 3. The number of nitrogens with zero attached hydrogens (tertiary/aromatic N) is 2. The van der Waals surface area contributed by atoms with Crippen molar-refractivity contribution < 1.29 is 9.53 Å². The predicted molar refractivity (Wildman–Crippen MR) is 89.5 cm³/mol. The zero-order valence-corrected chi connectivity index (χ0v) is 13.2. The number of anilines is 1. The molecule has 5 heteroatoms. The third kappa shape index (κ3) is 3.62. The molecule has 5 nitrogen and oxygen atoms in total. The summed E-state index contributed by atoms with van der Waals surface area (Å²) in [7, 11) is 1.62. The average Bonchev–Trinajstić information content (AvgIpc) is 2.63. The zero-order chi connectivity index (χ0) is 16.1. The highest BCUT2D eigenvalue weighted by Crippen LogP contribution is 2.31. The lowest BCUT2D eigenvalue weighted by Gasteiger charge is -2.35. The Kier molecular flexibility index (Phi) is 4.76. The van der Waals surface area contributed by atoms with Gasteiger partial charge in [0, 0.05) is 24.6 Å². The number of pyridine rings is 1. The molecule has 0 unspecified atom stereocenters. The molecule has 2 aromatic rings. The first kappa shape index (κ1) is 15.3. The number of hydrogen-bond acceptors (Lipinski definition) is 3. The summed E-state index contributed by atoms with van der Waals surface area (Å²) < 4.78 is 5.14. The van der Waals surface area contributed by atoms with E-state index in [0.29, 0.717) is 0 Å². The van der Waals surface area contributed by atoms with Gasteiger partial charge in [-0.3, -0.25) is 4.98 Å². The summed E-state index contributed by atoms with van der Waals surface area (Å²) >= 11 is 0. The van der Waals surface area contributed by atoms with E-state index in [0.717, 1.165) is 42.8 Å². The number of hydrogen-bond donors (Lipinski definition) is 1. The van der Waals surface area contributed by atoms with Gasteiger partial charge in [0.05, 0.1) is 13.2 Å². The van der Waals surface area contributed by atoms with Crippen molar-refractivity contribution >= 4 is 11.7 Å². The molecule has 0 radical (unpaired) electrons. The van der Waals surface area contributed by atoms with Crippen LogP contribution in [0.3, 0.4) is 0 Å². The number of aromatic nitrogens is 1. The molecule has 0 saturated carbocycles. The van der Waals surface area contributed by atoms with Crippen LogP contribution in [0.1, 0.15) is 30.9 Å². The fourth-order valence-corrected chi connectivity index (χ4v) is 2.96. The molecule has 0 bridgehead atoms. The Morgan fingerprint density at radius 1 is 1.26 bits per heavy atom. The lowest BCUT2D eigenvalue weighted by Crippen LogP contribution is -2.41. The number of carbonyl (C=O) groups is 1. The minimum Gasteiger partial charge on any atom is -0.497 e. The molecule has 23 heavy (non-hydrogen) atoms. The number of amides is 2. The van der Waals surface area contributed by atoms with Crippen LogP contribution >= 0.6 is 0 Å². The van der Waals surface area contributed by atoms with E-state index in [9.17, 15) is 4.79 Å². The van der Waals surface area contributed by atoms with E-state index in [1.165, 1.54) is 0 Å². The molecule has 0 spiro atoms. The molecule has 120 valence electrons. The van der Waals surface area contributed by atoms with Crippen LogP contribution in [0.5, 0.6) is 5.75 Å². The fourth-order valence-electron chi connectivity index (χ4n) is 2.96. The second kappa shape index (κ2) is 7.13. The molecule has 1 saturated heterocycles. The third-order valence-corrected chi connectivity index (χ3v) is 4.17. The smallest absolute Gasteiger partial charge is 0.322 e. The molecular formula is C18H21N3O2. The molecule has 2 amide bonds. The van der Waals surface area contributed by atoms with Gasteiger partial charge in [-0.2, -0.15) is 0 Å². The van der Waals surface area contributed by atoms with E-state index >= 15 is 0 Å². The Labute approximate surface area is 136 Å². The Morgan fingerprint density at radius 3 is 2.78 bits per heavy atom. The minimum atomic E-state index is -0.0660. The van der Waals surface area contributed by atoms with E-state index < -0.39 is 0 Å². The van der Waals surface area contributed by atoms with Crippen LogP contribution in [0.4, 0.5) is 10.5 Å². The monoisotopic (exact) mass is 311 g/mol.